The number of nitrogens with one attached hydrogen (secondary N) is 3. The zero-order chi connectivity index (χ0) is 23.4. The van der Waals surface area contributed by atoms with Crippen molar-refractivity contribution in [2.24, 2.45) is 15.9 Å². The summed E-state index contributed by atoms with van der Waals surface area (Å²) in [5.74, 6) is 1.95. The monoisotopic (exact) mass is 449 g/mol. The molecule has 2 atom stereocenters. The molecule has 33 heavy (non-hydrogen) atoms. The highest BCUT2D eigenvalue weighted by atomic mass is 19.1. The number of benzene rings is 1. The van der Waals surface area contributed by atoms with Crippen molar-refractivity contribution in [3.63, 3.8) is 0 Å². The number of guanidine groups is 1. The molecule has 0 aromatic heterocycles. The highest BCUT2D eigenvalue weighted by Crippen LogP contribution is 2.25. The van der Waals surface area contributed by atoms with Crippen LogP contribution in [0.5, 0.6) is 0 Å². The summed E-state index contributed by atoms with van der Waals surface area (Å²) in [4.78, 5) is 13.8. The number of rotatable bonds is 5. The molecule has 3 aliphatic rings. The molecule has 174 valence electrons. The summed E-state index contributed by atoms with van der Waals surface area (Å²) in [5.41, 5.74) is 3.70. The molecule has 2 aliphatic heterocycles. The standard InChI is InChI=1S/C25H32FN7/c1-17(2)23-15-32(24-14-28-22-12-19(13-26)8-9-21(22)30-24)10-11-33(23)25(29-16-27)31-20-7-5-4-6-18(20)3/h4-9,12,14,16-17,22-23,28H,10-11,13,15H2,1-3H3,(H2,27,29,31). The molecule has 2 unspecified atom stereocenters. The molecule has 4 rings (SSSR count). The second-order valence-electron chi connectivity index (χ2n) is 8.86. The lowest BCUT2D eigenvalue weighted by molar-refractivity contribution is 0.123. The Morgan fingerprint density at radius 2 is 2.15 bits per heavy atom. The molecule has 7 nitrogen and oxygen atoms in total. The van der Waals surface area contributed by atoms with E-state index in [1.807, 2.05) is 36.6 Å². The lowest BCUT2D eigenvalue weighted by Crippen LogP contribution is -2.58. The van der Waals surface area contributed by atoms with E-state index < -0.39 is 6.67 Å². The molecule has 1 aliphatic carbocycles. The highest BCUT2D eigenvalue weighted by Gasteiger charge is 2.33. The van der Waals surface area contributed by atoms with Gasteiger partial charge in [-0.15, -0.1) is 0 Å². The zero-order valence-corrected chi connectivity index (χ0v) is 19.4. The van der Waals surface area contributed by atoms with Crippen molar-refractivity contribution in [3.8, 4) is 0 Å². The molecule has 0 spiro atoms. The van der Waals surface area contributed by atoms with Crippen LogP contribution in [0.15, 0.2) is 70.1 Å². The predicted molar refractivity (Wildman–Crippen MR) is 134 cm³/mol. The van der Waals surface area contributed by atoms with Crippen LogP contribution >= 0.6 is 0 Å². The Balaban J connectivity index is 1.51. The van der Waals surface area contributed by atoms with E-state index in [0.29, 0.717) is 17.5 Å². The van der Waals surface area contributed by atoms with E-state index in [1.165, 1.54) is 0 Å². The quantitative estimate of drug-likeness (QED) is 0.473. The van der Waals surface area contributed by atoms with Crippen molar-refractivity contribution in [2.75, 3.05) is 31.6 Å². The van der Waals surface area contributed by atoms with Gasteiger partial charge in [-0.05, 0) is 36.1 Å². The first-order valence-corrected chi connectivity index (χ1v) is 11.4. The number of piperazine rings is 1. The van der Waals surface area contributed by atoms with E-state index in [-0.39, 0.29) is 12.1 Å². The van der Waals surface area contributed by atoms with Crippen LogP contribution in [0, 0.1) is 18.3 Å². The Morgan fingerprint density at radius 3 is 2.88 bits per heavy atom. The van der Waals surface area contributed by atoms with Crippen LogP contribution in [0.25, 0.3) is 0 Å². The van der Waals surface area contributed by atoms with E-state index in [1.54, 1.807) is 6.08 Å². The molecule has 0 amide bonds. The first-order valence-electron chi connectivity index (χ1n) is 11.4. The van der Waals surface area contributed by atoms with Gasteiger partial charge in [0, 0.05) is 31.5 Å². The Morgan fingerprint density at radius 1 is 1.33 bits per heavy atom. The summed E-state index contributed by atoms with van der Waals surface area (Å²) >= 11 is 0. The third kappa shape index (κ3) is 4.99. The molecule has 1 fully saturated rings. The van der Waals surface area contributed by atoms with Crippen molar-refractivity contribution in [2.45, 2.75) is 32.9 Å². The summed E-state index contributed by atoms with van der Waals surface area (Å²) in [6.07, 6.45) is 8.62. The molecule has 3 N–H and O–H groups in total. The molecule has 2 heterocycles. The van der Waals surface area contributed by atoms with Gasteiger partial charge >= 0.3 is 0 Å². The molecule has 1 aromatic carbocycles. The SMILES string of the molecule is Cc1ccccc1N/C(=N/C=N)N1CCN(C2=CNC3C=C(CF)C=CC3=N2)CC1C(C)C. The zero-order valence-electron chi connectivity index (χ0n) is 19.4. The summed E-state index contributed by atoms with van der Waals surface area (Å²) in [5, 5.41) is 14.4. The normalized spacial score (nSPS) is 22.8. The summed E-state index contributed by atoms with van der Waals surface area (Å²) in [6, 6.07) is 8.21. The first-order chi connectivity index (χ1) is 16.0. The van der Waals surface area contributed by atoms with Crippen LogP contribution < -0.4 is 10.6 Å². The molecule has 1 saturated heterocycles. The van der Waals surface area contributed by atoms with E-state index in [4.69, 9.17) is 10.4 Å². The van der Waals surface area contributed by atoms with Gasteiger partial charge in [-0.3, -0.25) is 5.41 Å². The predicted octanol–water partition coefficient (Wildman–Crippen LogP) is 3.69. The number of para-hydroxylation sites is 1. The van der Waals surface area contributed by atoms with Crippen molar-refractivity contribution in [1.29, 1.82) is 5.41 Å². The highest BCUT2D eigenvalue weighted by molar-refractivity contribution is 6.03. The number of halogens is 1. The average Bonchev–Trinajstić information content (AvgIpc) is 2.84. The topological polar surface area (TPSA) is 79.1 Å². The Bertz CT molecular complexity index is 1040. The fraction of sp³-hybridized carbons (Fsp3) is 0.400. The number of nitrogens with zero attached hydrogens (tertiary/aromatic N) is 4. The average molecular weight is 450 g/mol. The van der Waals surface area contributed by atoms with Gasteiger partial charge in [-0.25, -0.2) is 14.4 Å². The number of fused-ring (bicyclic) bond motifs is 1. The largest absolute Gasteiger partial charge is 0.376 e. The van der Waals surface area contributed by atoms with Gasteiger partial charge in [-0.2, -0.15) is 0 Å². The number of aryl methyl sites for hydroxylation is 1. The van der Waals surface area contributed by atoms with Crippen LogP contribution in [0.2, 0.25) is 0 Å². The Labute approximate surface area is 195 Å². The summed E-state index contributed by atoms with van der Waals surface area (Å²) in [7, 11) is 0. The Kier molecular flexibility index (Phi) is 6.91. The van der Waals surface area contributed by atoms with Crippen molar-refractivity contribution in [3.05, 3.63) is 65.7 Å². The van der Waals surface area contributed by atoms with Gasteiger partial charge in [0.05, 0.1) is 17.8 Å². The second-order valence-corrected chi connectivity index (χ2v) is 8.86. The molecular formula is C25H32FN7. The third-order valence-electron chi connectivity index (χ3n) is 6.32. The van der Waals surface area contributed by atoms with Crippen LogP contribution in [0.1, 0.15) is 19.4 Å². The van der Waals surface area contributed by atoms with Gasteiger partial charge in [0.1, 0.15) is 18.8 Å². The third-order valence-corrected chi connectivity index (χ3v) is 6.32. The minimum Gasteiger partial charge on any atom is -0.376 e. The number of alkyl halides is 1. The fourth-order valence-electron chi connectivity index (χ4n) is 4.40. The van der Waals surface area contributed by atoms with Crippen LogP contribution in [-0.4, -0.2) is 66.2 Å². The maximum atomic E-state index is 13.0. The van der Waals surface area contributed by atoms with Crippen LogP contribution in [0.4, 0.5) is 10.1 Å². The van der Waals surface area contributed by atoms with E-state index in [9.17, 15) is 4.39 Å². The molecule has 1 aromatic rings. The maximum absolute atomic E-state index is 13.0. The Hall–Kier alpha value is -3.42. The summed E-state index contributed by atoms with van der Waals surface area (Å²) in [6.45, 7) is 8.32. The van der Waals surface area contributed by atoms with Crippen LogP contribution in [0.3, 0.4) is 0 Å². The minimum absolute atomic E-state index is 0.0728. The number of hydrogen-bond acceptors (Lipinski definition) is 4. The van der Waals surface area contributed by atoms with Gasteiger partial charge in [-0.1, -0.05) is 44.2 Å². The molecular weight excluding hydrogens is 417 g/mol. The van der Waals surface area contributed by atoms with E-state index in [0.717, 1.165) is 48.8 Å². The van der Waals surface area contributed by atoms with Gasteiger partial charge < -0.3 is 20.4 Å². The fourth-order valence-corrected chi connectivity index (χ4v) is 4.40. The van der Waals surface area contributed by atoms with Gasteiger partial charge in [0.25, 0.3) is 0 Å². The summed E-state index contributed by atoms with van der Waals surface area (Å²) < 4.78 is 13.0. The second kappa shape index (κ2) is 10.0. The number of aliphatic imine (C=N–C) groups is 2. The van der Waals surface area contributed by atoms with E-state index in [2.05, 4.69) is 52.3 Å². The molecule has 8 heteroatoms. The number of hydrogen-bond donors (Lipinski definition) is 3. The lowest BCUT2D eigenvalue weighted by atomic mass is 9.99. The number of anilines is 1. The minimum atomic E-state index is -0.466. The first kappa shape index (κ1) is 22.8. The molecule has 0 saturated carbocycles. The lowest BCUT2D eigenvalue weighted by Gasteiger charge is -2.46. The smallest absolute Gasteiger partial charge is 0.205 e. The van der Waals surface area contributed by atoms with E-state index >= 15 is 0 Å². The molecule has 0 radical (unpaired) electrons. The van der Waals surface area contributed by atoms with Gasteiger partial charge in [0.2, 0.25) is 5.96 Å². The molecule has 0 bridgehead atoms. The van der Waals surface area contributed by atoms with Gasteiger partial charge in [0.15, 0.2) is 0 Å². The number of allylic oxidation sites excluding steroid dienone is 2. The van der Waals surface area contributed by atoms with Crippen molar-refractivity contribution < 1.29 is 4.39 Å². The van der Waals surface area contributed by atoms with Crippen molar-refractivity contribution in [1.82, 2.24) is 15.1 Å². The van der Waals surface area contributed by atoms with Crippen LogP contribution in [-0.2, 0) is 0 Å². The maximum Gasteiger partial charge on any atom is 0.205 e. The van der Waals surface area contributed by atoms with Crippen molar-refractivity contribution >= 4 is 23.7 Å².